The van der Waals surface area contributed by atoms with Gasteiger partial charge in [0.1, 0.15) is 5.84 Å². The van der Waals surface area contributed by atoms with Crippen molar-refractivity contribution in [2.45, 2.75) is 19.9 Å². The lowest BCUT2D eigenvalue weighted by Gasteiger charge is -2.12. The zero-order valence-corrected chi connectivity index (χ0v) is 9.96. The van der Waals surface area contributed by atoms with Crippen molar-refractivity contribution >= 4 is 11.9 Å². The van der Waals surface area contributed by atoms with Crippen LogP contribution in [0.3, 0.4) is 0 Å². The van der Waals surface area contributed by atoms with Crippen LogP contribution in [0.5, 0.6) is 0 Å². The van der Waals surface area contributed by atoms with Gasteiger partial charge in [-0.1, -0.05) is 0 Å². The maximum absolute atomic E-state index is 11.6. The fourth-order valence-electron chi connectivity index (χ4n) is 1.82. The fourth-order valence-corrected chi connectivity index (χ4v) is 1.82. The van der Waals surface area contributed by atoms with Crippen molar-refractivity contribution in [1.29, 1.82) is 0 Å². The first kappa shape index (κ1) is 11.6. The Hall–Kier alpha value is -1.85. The number of nitrogens with one attached hydrogen (secondary N) is 1. The number of urea groups is 1. The van der Waals surface area contributed by atoms with Gasteiger partial charge in [0.05, 0.1) is 12.9 Å². The van der Waals surface area contributed by atoms with Gasteiger partial charge in [0.15, 0.2) is 0 Å². The lowest BCUT2D eigenvalue weighted by Crippen LogP contribution is -2.29. The Bertz CT molecular complexity index is 398. The molecule has 2 heterocycles. The molecule has 6 nitrogen and oxygen atoms in total. The monoisotopic (exact) mass is 235 g/mol. The van der Waals surface area contributed by atoms with Crippen LogP contribution in [0.2, 0.25) is 0 Å². The van der Waals surface area contributed by atoms with Gasteiger partial charge in [-0.3, -0.25) is 10.3 Å². The van der Waals surface area contributed by atoms with Gasteiger partial charge in [-0.05, 0) is 13.3 Å². The summed E-state index contributed by atoms with van der Waals surface area (Å²) >= 11 is 0. The molecule has 0 aliphatic carbocycles. The van der Waals surface area contributed by atoms with Gasteiger partial charge in [-0.2, -0.15) is 0 Å². The molecule has 0 aromatic carbocycles. The quantitative estimate of drug-likeness (QED) is 0.817. The number of aliphatic imine (C=N–C) groups is 1. The van der Waals surface area contributed by atoms with Crippen LogP contribution in [0.4, 0.5) is 4.79 Å². The Balaban J connectivity index is 1.76. The van der Waals surface area contributed by atoms with E-state index in [1.165, 1.54) is 0 Å². The number of carbonyl (C=O) groups excluding carboxylic acids is 1. The number of carbonyl (C=O) groups is 1. The van der Waals surface area contributed by atoms with E-state index in [4.69, 9.17) is 0 Å². The molecular formula is C11H17N5O. The summed E-state index contributed by atoms with van der Waals surface area (Å²) in [4.78, 5) is 21.5. The number of amidine groups is 1. The van der Waals surface area contributed by atoms with Crippen molar-refractivity contribution in [1.82, 2.24) is 19.8 Å². The molecule has 0 radical (unpaired) electrons. The van der Waals surface area contributed by atoms with Crippen LogP contribution in [0.25, 0.3) is 0 Å². The van der Waals surface area contributed by atoms with Gasteiger partial charge >= 0.3 is 6.03 Å². The normalized spacial score (nSPS) is 17.8. The molecule has 1 aliphatic heterocycles. The third-order valence-corrected chi connectivity index (χ3v) is 2.63. The molecule has 1 aliphatic rings. The minimum Gasteiger partial charge on any atom is -0.337 e. The molecule has 1 aromatic rings. The third-order valence-electron chi connectivity index (χ3n) is 2.63. The van der Waals surface area contributed by atoms with Crippen molar-refractivity contribution < 1.29 is 4.79 Å². The number of hydrogen-bond acceptors (Lipinski definition) is 3. The summed E-state index contributed by atoms with van der Waals surface area (Å²) in [5.74, 6) is 0.778. The molecule has 0 bridgehead atoms. The van der Waals surface area contributed by atoms with E-state index in [9.17, 15) is 4.79 Å². The molecule has 2 amide bonds. The van der Waals surface area contributed by atoms with E-state index in [1.807, 2.05) is 17.7 Å². The van der Waals surface area contributed by atoms with E-state index >= 15 is 0 Å². The predicted molar refractivity (Wildman–Crippen MR) is 64.9 cm³/mol. The maximum atomic E-state index is 11.6. The van der Waals surface area contributed by atoms with Crippen LogP contribution < -0.4 is 5.32 Å². The molecule has 0 unspecified atom stereocenters. The first-order valence-corrected chi connectivity index (χ1v) is 5.84. The Labute approximate surface area is 100 Å². The number of rotatable bonds is 5. The van der Waals surface area contributed by atoms with Crippen molar-refractivity contribution in [3.05, 3.63) is 18.7 Å². The summed E-state index contributed by atoms with van der Waals surface area (Å²) in [7, 11) is 0. The van der Waals surface area contributed by atoms with Crippen molar-refractivity contribution in [2.24, 2.45) is 4.99 Å². The van der Waals surface area contributed by atoms with E-state index in [0.717, 1.165) is 25.3 Å². The second-order valence-electron chi connectivity index (χ2n) is 3.93. The summed E-state index contributed by atoms with van der Waals surface area (Å²) in [5, 5.41) is 2.77. The first-order chi connectivity index (χ1) is 8.29. The maximum Gasteiger partial charge on any atom is 0.323 e. The Morgan fingerprint density at radius 3 is 3.12 bits per heavy atom. The second kappa shape index (κ2) is 5.47. The summed E-state index contributed by atoms with van der Waals surface area (Å²) in [6.45, 7) is 4.90. The largest absolute Gasteiger partial charge is 0.337 e. The molecule has 1 fully saturated rings. The van der Waals surface area contributed by atoms with Gasteiger partial charge in [0, 0.05) is 32.0 Å². The third kappa shape index (κ3) is 3.05. The van der Waals surface area contributed by atoms with Crippen LogP contribution >= 0.6 is 0 Å². The summed E-state index contributed by atoms with van der Waals surface area (Å²) in [6, 6.07) is -0.0390. The van der Waals surface area contributed by atoms with Crippen LogP contribution in [-0.2, 0) is 6.54 Å². The molecule has 1 aromatic heterocycles. The highest BCUT2D eigenvalue weighted by atomic mass is 16.2. The molecule has 1 saturated heterocycles. The number of aromatic nitrogens is 2. The van der Waals surface area contributed by atoms with Gasteiger partial charge < -0.3 is 9.47 Å². The summed E-state index contributed by atoms with van der Waals surface area (Å²) in [5.41, 5.74) is 0. The predicted octanol–water partition coefficient (Wildman–Crippen LogP) is 0.717. The number of imidazole rings is 1. The molecule has 0 spiro atoms. The van der Waals surface area contributed by atoms with Crippen LogP contribution in [0.1, 0.15) is 13.3 Å². The minimum atomic E-state index is -0.0390. The number of aryl methyl sites for hydroxylation is 1. The molecule has 0 atom stereocenters. The Kier molecular flexibility index (Phi) is 3.74. The SMILES string of the molecule is CCN=C1CN(CCCn2ccnc2)C(=O)N1. The molecule has 1 N–H and O–H groups in total. The van der Waals surface area contributed by atoms with E-state index in [2.05, 4.69) is 15.3 Å². The minimum absolute atomic E-state index is 0.0390. The Morgan fingerprint density at radius 2 is 2.41 bits per heavy atom. The van der Waals surface area contributed by atoms with Gasteiger partial charge in [0.25, 0.3) is 0 Å². The van der Waals surface area contributed by atoms with Gasteiger partial charge in [-0.15, -0.1) is 0 Å². The number of nitrogens with zero attached hydrogens (tertiary/aromatic N) is 4. The van der Waals surface area contributed by atoms with E-state index < -0.39 is 0 Å². The summed E-state index contributed by atoms with van der Waals surface area (Å²) < 4.78 is 2.01. The smallest absolute Gasteiger partial charge is 0.323 e. The first-order valence-electron chi connectivity index (χ1n) is 5.84. The van der Waals surface area contributed by atoms with Crippen molar-refractivity contribution in [3.8, 4) is 0 Å². The van der Waals surface area contributed by atoms with Crippen LogP contribution in [-0.4, -0.2) is 46.0 Å². The lowest BCUT2D eigenvalue weighted by atomic mass is 10.4. The van der Waals surface area contributed by atoms with Crippen molar-refractivity contribution in [2.75, 3.05) is 19.6 Å². The number of hydrogen-bond donors (Lipinski definition) is 1. The highest BCUT2D eigenvalue weighted by Crippen LogP contribution is 2.02. The summed E-state index contributed by atoms with van der Waals surface area (Å²) in [6.07, 6.45) is 6.39. The Morgan fingerprint density at radius 1 is 1.53 bits per heavy atom. The molecule has 17 heavy (non-hydrogen) atoms. The lowest BCUT2D eigenvalue weighted by molar-refractivity contribution is 0.216. The average molecular weight is 235 g/mol. The molecule has 0 saturated carbocycles. The molecule has 92 valence electrons. The van der Waals surface area contributed by atoms with Crippen molar-refractivity contribution in [3.63, 3.8) is 0 Å². The highest BCUT2D eigenvalue weighted by molar-refractivity contribution is 6.04. The zero-order chi connectivity index (χ0) is 12.1. The average Bonchev–Trinajstić information content (AvgIpc) is 2.90. The fraction of sp³-hybridized carbons (Fsp3) is 0.545. The highest BCUT2D eigenvalue weighted by Gasteiger charge is 2.23. The van der Waals surface area contributed by atoms with Crippen LogP contribution in [0.15, 0.2) is 23.7 Å². The van der Waals surface area contributed by atoms with Gasteiger partial charge in [-0.25, -0.2) is 9.78 Å². The molecule has 2 rings (SSSR count). The van der Waals surface area contributed by atoms with E-state index in [0.29, 0.717) is 13.1 Å². The van der Waals surface area contributed by atoms with Crippen LogP contribution in [0, 0.1) is 0 Å². The topological polar surface area (TPSA) is 62.5 Å². The molecule has 6 heteroatoms. The van der Waals surface area contributed by atoms with Gasteiger partial charge in [0.2, 0.25) is 0 Å². The number of amides is 2. The zero-order valence-electron chi connectivity index (χ0n) is 9.96. The van der Waals surface area contributed by atoms with E-state index in [-0.39, 0.29) is 6.03 Å². The standard InChI is InChI=1S/C11H17N5O/c1-2-13-10-8-16(11(17)14-10)6-3-5-15-7-4-12-9-15/h4,7,9H,2-3,5-6,8H2,1H3,(H,13,14,17). The second-order valence-corrected chi connectivity index (χ2v) is 3.93. The van der Waals surface area contributed by atoms with E-state index in [1.54, 1.807) is 17.4 Å². The molecular weight excluding hydrogens is 218 g/mol.